The summed E-state index contributed by atoms with van der Waals surface area (Å²) in [6, 6.07) is 9.71. The van der Waals surface area contributed by atoms with Crippen LogP contribution in [0.1, 0.15) is 51.6 Å². The number of piperidine rings is 1. The average Bonchev–Trinajstić information content (AvgIpc) is 2.71. The molecular formula is C23H37N3O2. The van der Waals surface area contributed by atoms with Gasteiger partial charge in [-0.05, 0) is 51.1 Å². The maximum absolute atomic E-state index is 12.9. The molecule has 1 amide bonds. The van der Waals surface area contributed by atoms with Crippen LogP contribution in [0.3, 0.4) is 0 Å². The highest BCUT2D eigenvalue weighted by molar-refractivity contribution is 5.79. The molecule has 2 heterocycles. The summed E-state index contributed by atoms with van der Waals surface area (Å²) in [5, 5.41) is 0. The number of hydrogen-bond acceptors (Lipinski definition) is 4. The van der Waals surface area contributed by atoms with Crippen LogP contribution in [0.25, 0.3) is 0 Å². The van der Waals surface area contributed by atoms with Crippen molar-refractivity contribution in [1.29, 1.82) is 0 Å². The molecule has 4 atom stereocenters. The molecule has 0 aromatic heterocycles. The zero-order chi connectivity index (χ0) is 20.1. The molecule has 1 aromatic carbocycles. The monoisotopic (exact) mass is 387 g/mol. The van der Waals surface area contributed by atoms with Crippen LogP contribution in [0.2, 0.25) is 0 Å². The Morgan fingerprint density at radius 1 is 1.14 bits per heavy atom. The van der Waals surface area contributed by atoms with Crippen molar-refractivity contribution in [2.24, 2.45) is 17.6 Å². The molecule has 28 heavy (non-hydrogen) atoms. The summed E-state index contributed by atoms with van der Waals surface area (Å²) in [5.41, 5.74) is 7.40. The number of hydrogen-bond donors (Lipinski definition) is 1. The molecule has 4 unspecified atom stereocenters. The van der Waals surface area contributed by atoms with E-state index in [2.05, 4.69) is 18.7 Å². The predicted octanol–water partition coefficient (Wildman–Crippen LogP) is 3.06. The van der Waals surface area contributed by atoms with Gasteiger partial charge in [-0.25, -0.2) is 0 Å². The number of benzene rings is 1. The largest absolute Gasteiger partial charge is 0.373 e. The molecule has 2 saturated heterocycles. The minimum Gasteiger partial charge on any atom is -0.373 e. The number of ether oxygens (including phenoxy) is 1. The summed E-state index contributed by atoms with van der Waals surface area (Å²) in [7, 11) is 0. The van der Waals surface area contributed by atoms with Gasteiger partial charge in [0.2, 0.25) is 5.91 Å². The fourth-order valence-corrected chi connectivity index (χ4v) is 4.68. The molecule has 0 aliphatic carbocycles. The molecule has 156 valence electrons. The summed E-state index contributed by atoms with van der Waals surface area (Å²) in [5.74, 6) is 0.733. The van der Waals surface area contributed by atoms with Gasteiger partial charge in [-0.3, -0.25) is 9.69 Å². The predicted molar refractivity (Wildman–Crippen MR) is 113 cm³/mol. The molecule has 2 aliphatic rings. The Morgan fingerprint density at radius 3 is 2.36 bits per heavy atom. The summed E-state index contributed by atoms with van der Waals surface area (Å²) in [6.07, 6.45) is 4.10. The number of carbonyl (C=O) groups is 1. The van der Waals surface area contributed by atoms with Crippen molar-refractivity contribution in [1.82, 2.24) is 9.80 Å². The van der Waals surface area contributed by atoms with E-state index >= 15 is 0 Å². The highest BCUT2D eigenvalue weighted by atomic mass is 16.5. The van der Waals surface area contributed by atoms with Crippen LogP contribution >= 0.6 is 0 Å². The zero-order valence-corrected chi connectivity index (χ0v) is 17.7. The minimum atomic E-state index is -0.239. The van der Waals surface area contributed by atoms with E-state index in [0.29, 0.717) is 12.2 Å². The van der Waals surface area contributed by atoms with E-state index in [9.17, 15) is 4.79 Å². The summed E-state index contributed by atoms with van der Waals surface area (Å²) >= 11 is 0. The zero-order valence-electron chi connectivity index (χ0n) is 17.7. The van der Waals surface area contributed by atoms with Gasteiger partial charge in [0, 0.05) is 32.2 Å². The lowest BCUT2D eigenvalue weighted by Gasteiger charge is -2.38. The summed E-state index contributed by atoms with van der Waals surface area (Å²) in [6.45, 7) is 11.2. The van der Waals surface area contributed by atoms with Crippen LogP contribution in [-0.2, 0) is 9.53 Å². The van der Waals surface area contributed by atoms with Crippen LogP contribution in [0, 0.1) is 11.8 Å². The van der Waals surface area contributed by atoms with Crippen molar-refractivity contribution in [3.05, 3.63) is 35.9 Å². The van der Waals surface area contributed by atoms with Crippen LogP contribution in [0.4, 0.5) is 0 Å². The van der Waals surface area contributed by atoms with Gasteiger partial charge >= 0.3 is 0 Å². The molecular weight excluding hydrogens is 350 g/mol. The second-order valence-electron chi connectivity index (χ2n) is 8.80. The van der Waals surface area contributed by atoms with E-state index in [1.165, 1.54) is 6.42 Å². The first-order valence-corrected chi connectivity index (χ1v) is 10.9. The molecule has 2 aliphatic heterocycles. The number of rotatable bonds is 6. The molecule has 0 saturated carbocycles. The Labute approximate surface area is 170 Å². The number of likely N-dealkylation sites (tertiary alicyclic amines) is 1. The van der Waals surface area contributed by atoms with Gasteiger partial charge in [-0.15, -0.1) is 0 Å². The van der Waals surface area contributed by atoms with E-state index in [4.69, 9.17) is 10.5 Å². The second kappa shape index (κ2) is 9.86. The maximum atomic E-state index is 12.9. The molecule has 1 aromatic rings. The van der Waals surface area contributed by atoms with Gasteiger partial charge in [0.1, 0.15) is 0 Å². The quantitative estimate of drug-likeness (QED) is 0.815. The number of nitrogens with two attached hydrogens (primary N) is 1. The lowest BCUT2D eigenvalue weighted by atomic mass is 9.90. The molecule has 5 heteroatoms. The van der Waals surface area contributed by atoms with Crippen LogP contribution in [0.15, 0.2) is 30.3 Å². The number of amides is 1. The molecule has 0 spiro atoms. The first-order chi connectivity index (χ1) is 13.4. The highest BCUT2D eigenvalue weighted by Gasteiger charge is 2.30. The fraction of sp³-hybridized carbons (Fsp3) is 0.696. The lowest BCUT2D eigenvalue weighted by molar-refractivity contribution is -0.137. The normalized spacial score (nSPS) is 26.8. The molecule has 2 N–H and O–H groups in total. The van der Waals surface area contributed by atoms with Crippen LogP contribution < -0.4 is 5.73 Å². The van der Waals surface area contributed by atoms with E-state index in [-0.39, 0.29) is 17.9 Å². The number of nitrogens with zero attached hydrogens (tertiary/aromatic N) is 2. The maximum Gasteiger partial charge on any atom is 0.227 e. The Kier molecular flexibility index (Phi) is 7.49. The SMILES string of the molecule is CC1CN(CCC2CCN(C(=O)C(C)C(N)c3ccccc3)CC2)CC(C)O1. The fourth-order valence-electron chi connectivity index (χ4n) is 4.68. The van der Waals surface area contributed by atoms with E-state index in [0.717, 1.165) is 57.0 Å². The van der Waals surface area contributed by atoms with Gasteiger partial charge in [0.25, 0.3) is 0 Å². The summed E-state index contributed by atoms with van der Waals surface area (Å²) in [4.78, 5) is 17.5. The molecule has 3 rings (SSSR count). The molecule has 5 nitrogen and oxygen atoms in total. The van der Waals surface area contributed by atoms with E-state index in [1.54, 1.807) is 0 Å². The average molecular weight is 388 g/mol. The minimum absolute atomic E-state index is 0.185. The van der Waals surface area contributed by atoms with Crippen molar-refractivity contribution < 1.29 is 9.53 Å². The van der Waals surface area contributed by atoms with Crippen LogP contribution in [0.5, 0.6) is 0 Å². The van der Waals surface area contributed by atoms with Gasteiger partial charge in [0.15, 0.2) is 0 Å². The first-order valence-electron chi connectivity index (χ1n) is 10.9. The Hall–Kier alpha value is -1.43. The van der Waals surface area contributed by atoms with Gasteiger partial charge in [0.05, 0.1) is 18.1 Å². The standard InChI is InChI=1S/C23H37N3O2/c1-17-15-25(16-18(2)28-17)12-9-20-10-13-26(14-11-20)23(27)19(3)22(24)21-7-5-4-6-8-21/h4-8,17-20,22H,9-16,24H2,1-3H3. The van der Waals surface area contributed by atoms with Crippen molar-refractivity contribution >= 4 is 5.91 Å². The Bertz CT molecular complexity index is 606. The van der Waals surface area contributed by atoms with Crippen molar-refractivity contribution in [3.8, 4) is 0 Å². The van der Waals surface area contributed by atoms with Crippen LogP contribution in [-0.4, -0.2) is 60.6 Å². The smallest absolute Gasteiger partial charge is 0.227 e. The number of morpholine rings is 1. The number of carbonyl (C=O) groups excluding carboxylic acids is 1. The summed E-state index contributed by atoms with van der Waals surface area (Å²) < 4.78 is 5.83. The lowest BCUT2D eigenvalue weighted by Crippen LogP contribution is -2.47. The van der Waals surface area contributed by atoms with Crippen molar-refractivity contribution in [2.45, 2.75) is 58.3 Å². The van der Waals surface area contributed by atoms with E-state index < -0.39 is 0 Å². The van der Waals surface area contributed by atoms with E-state index in [1.807, 2.05) is 42.2 Å². The molecule has 2 fully saturated rings. The molecule has 0 bridgehead atoms. The second-order valence-corrected chi connectivity index (χ2v) is 8.80. The topological polar surface area (TPSA) is 58.8 Å². The van der Waals surface area contributed by atoms with Crippen molar-refractivity contribution in [3.63, 3.8) is 0 Å². The third-order valence-corrected chi connectivity index (χ3v) is 6.39. The third kappa shape index (κ3) is 5.56. The first kappa shape index (κ1) is 21.3. The third-order valence-electron chi connectivity index (χ3n) is 6.39. The van der Waals surface area contributed by atoms with Gasteiger partial charge < -0.3 is 15.4 Å². The highest BCUT2D eigenvalue weighted by Crippen LogP contribution is 2.26. The van der Waals surface area contributed by atoms with Crippen molar-refractivity contribution in [2.75, 3.05) is 32.7 Å². The molecule has 0 radical (unpaired) electrons. The van der Waals surface area contributed by atoms with Gasteiger partial charge in [-0.2, -0.15) is 0 Å². The Balaban J connectivity index is 1.42. The Morgan fingerprint density at radius 2 is 1.75 bits per heavy atom. The van der Waals surface area contributed by atoms with Gasteiger partial charge in [-0.1, -0.05) is 37.3 Å².